The molecule has 2 aromatic carbocycles. The van der Waals surface area contributed by atoms with E-state index < -0.39 is 16.7 Å². The second kappa shape index (κ2) is 8.13. The highest BCUT2D eigenvalue weighted by atomic mass is 35.5. The summed E-state index contributed by atoms with van der Waals surface area (Å²) in [5.41, 5.74) is 1.50. The van der Waals surface area contributed by atoms with Crippen molar-refractivity contribution in [1.29, 1.82) is 0 Å². The number of amides is 2. The maximum Gasteiger partial charge on any atom is 0.270 e. The predicted molar refractivity (Wildman–Crippen MR) is 120 cm³/mol. The van der Waals surface area contributed by atoms with E-state index in [2.05, 4.69) is 5.32 Å². The van der Waals surface area contributed by atoms with Crippen molar-refractivity contribution in [2.24, 2.45) is 0 Å². The summed E-state index contributed by atoms with van der Waals surface area (Å²) >= 11 is 11.1. The second-order valence-electron chi connectivity index (χ2n) is 6.51. The number of aromatic nitrogens is 1. The van der Waals surface area contributed by atoms with Crippen LogP contribution in [0.2, 0.25) is 5.02 Å². The van der Waals surface area contributed by atoms with Crippen molar-refractivity contribution in [1.82, 2.24) is 9.88 Å². The van der Waals surface area contributed by atoms with Crippen molar-refractivity contribution in [2.75, 3.05) is 4.90 Å². The van der Waals surface area contributed by atoms with Crippen molar-refractivity contribution >= 4 is 58.2 Å². The van der Waals surface area contributed by atoms with Gasteiger partial charge in [-0.25, -0.2) is 0 Å². The molecule has 1 aliphatic heterocycles. The molecule has 31 heavy (non-hydrogen) atoms. The number of non-ortho nitro benzene ring substituents is 1. The fraction of sp³-hybridized carbons (Fsp3) is 0. The van der Waals surface area contributed by atoms with Gasteiger partial charge in [-0.1, -0.05) is 11.6 Å². The van der Waals surface area contributed by atoms with Gasteiger partial charge in [-0.15, -0.1) is 0 Å². The highest BCUT2D eigenvalue weighted by molar-refractivity contribution is 7.80. The largest absolute Gasteiger partial charge is 0.317 e. The molecule has 0 aliphatic carbocycles. The van der Waals surface area contributed by atoms with Gasteiger partial charge in [0.05, 0.1) is 10.6 Å². The average Bonchev–Trinajstić information content (AvgIpc) is 3.20. The van der Waals surface area contributed by atoms with E-state index in [4.69, 9.17) is 23.8 Å². The van der Waals surface area contributed by atoms with Crippen molar-refractivity contribution in [3.05, 3.63) is 93.3 Å². The fourth-order valence-electron chi connectivity index (χ4n) is 3.11. The third-order valence-electron chi connectivity index (χ3n) is 4.60. The molecule has 8 nitrogen and oxygen atoms in total. The Labute approximate surface area is 186 Å². The fourth-order valence-corrected chi connectivity index (χ4v) is 3.52. The van der Waals surface area contributed by atoms with Crippen LogP contribution in [0.15, 0.2) is 72.4 Å². The van der Waals surface area contributed by atoms with Crippen LogP contribution in [0.5, 0.6) is 0 Å². The number of nitro groups is 1. The van der Waals surface area contributed by atoms with Crippen LogP contribution < -0.4 is 10.2 Å². The lowest BCUT2D eigenvalue weighted by molar-refractivity contribution is -0.384. The van der Waals surface area contributed by atoms with E-state index in [1.807, 2.05) is 0 Å². The molecule has 0 radical (unpaired) electrons. The third-order valence-corrected chi connectivity index (χ3v) is 5.13. The minimum Gasteiger partial charge on any atom is -0.317 e. The average molecular weight is 453 g/mol. The van der Waals surface area contributed by atoms with Crippen molar-refractivity contribution in [2.45, 2.75) is 0 Å². The molecule has 2 heterocycles. The lowest BCUT2D eigenvalue weighted by Gasteiger charge is -2.29. The highest BCUT2D eigenvalue weighted by Crippen LogP contribution is 2.25. The van der Waals surface area contributed by atoms with E-state index in [1.54, 1.807) is 59.3 Å². The standard InChI is InChI=1S/C21H13ClN4O4S/c22-13-3-5-15(6-4-13)25-20(28)18(19(27)23-21(25)31)12-17-2-1-11-24(17)14-7-9-16(10-8-14)26(29)30/h1-12H,(H,23,27,31). The van der Waals surface area contributed by atoms with Gasteiger partial charge in [0.1, 0.15) is 5.57 Å². The first kappa shape index (κ1) is 20.5. The summed E-state index contributed by atoms with van der Waals surface area (Å²) in [6.45, 7) is 0. The summed E-state index contributed by atoms with van der Waals surface area (Å²) in [7, 11) is 0. The number of nitrogens with zero attached hydrogens (tertiary/aromatic N) is 3. The van der Waals surface area contributed by atoms with Gasteiger partial charge in [-0.3, -0.25) is 29.9 Å². The zero-order valence-corrected chi connectivity index (χ0v) is 17.3. The number of rotatable bonds is 4. The molecule has 10 heteroatoms. The summed E-state index contributed by atoms with van der Waals surface area (Å²) < 4.78 is 1.71. The Morgan fingerprint density at radius 1 is 1.00 bits per heavy atom. The summed E-state index contributed by atoms with van der Waals surface area (Å²) in [6.07, 6.45) is 3.17. The molecule has 0 unspecified atom stereocenters. The molecule has 2 amide bonds. The van der Waals surface area contributed by atoms with Crippen molar-refractivity contribution in [3.63, 3.8) is 0 Å². The maximum absolute atomic E-state index is 13.1. The van der Waals surface area contributed by atoms with Gasteiger partial charge in [0.2, 0.25) is 0 Å². The van der Waals surface area contributed by atoms with Crippen molar-refractivity contribution < 1.29 is 14.5 Å². The van der Waals surface area contributed by atoms with Gasteiger partial charge in [0.25, 0.3) is 17.5 Å². The number of benzene rings is 2. The molecule has 1 aromatic heterocycles. The normalized spacial score (nSPS) is 15.3. The second-order valence-corrected chi connectivity index (χ2v) is 7.33. The van der Waals surface area contributed by atoms with Crippen molar-refractivity contribution in [3.8, 4) is 5.69 Å². The zero-order valence-electron chi connectivity index (χ0n) is 15.7. The Bertz CT molecular complexity index is 1250. The lowest BCUT2D eigenvalue weighted by Crippen LogP contribution is -2.54. The molecule has 1 saturated heterocycles. The smallest absolute Gasteiger partial charge is 0.270 e. The first-order chi connectivity index (χ1) is 14.8. The molecule has 4 rings (SSSR count). The summed E-state index contributed by atoms with van der Waals surface area (Å²) in [4.78, 5) is 37.3. The molecule has 0 bridgehead atoms. The van der Waals surface area contributed by atoms with Crippen LogP contribution in [-0.4, -0.2) is 26.4 Å². The number of carbonyl (C=O) groups excluding carboxylic acids is 2. The van der Waals surface area contributed by atoms with Gasteiger partial charge < -0.3 is 4.57 Å². The van der Waals surface area contributed by atoms with E-state index in [0.29, 0.717) is 22.1 Å². The van der Waals surface area contributed by atoms with Crippen LogP contribution >= 0.6 is 23.8 Å². The van der Waals surface area contributed by atoms with E-state index in [-0.39, 0.29) is 16.4 Å². The topological polar surface area (TPSA) is 97.5 Å². The minimum atomic E-state index is -0.614. The number of nitro benzene ring substituents is 1. The Morgan fingerprint density at radius 2 is 1.65 bits per heavy atom. The molecule has 3 aromatic rings. The quantitative estimate of drug-likeness (QED) is 0.213. The Balaban J connectivity index is 1.71. The summed E-state index contributed by atoms with van der Waals surface area (Å²) in [5.74, 6) is -1.19. The molecule has 0 spiro atoms. The first-order valence-corrected chi connectivity index (χ1v) is 9.73. The van der Waals surface area contributed by atoms with Gasteiger partial charge in [-0.05, 0) is 66.8 Å². The summed E-state index contributed by atoms with van der Waals surface area (Å²) in [5, 5.41) is 13.9. The molecule has 1 aliphatic rings. The third kappa shape index (κ3) is 3.96. The first-order valence-electron chi connectivity index (χ1n) is 8.94. The molecular formula is C21H13ClN4O4S. The molecular weight excluding hydrogens is 440 g/mol. The molecule has 1 fully saturated rings. The van der Waals surface area contributed by atoms with E-state index in [0.717, 1.165) is 0 Å². The van der Waals surface area contributed by atoms with Gasteiger partial charge in [-0.2, -0.15) is 0 Å². The number of hydrogen-bond acceptors (Lipinski definition) is 5. The number of thiocarbonyl (C=S) groups is 1. The Morgan fingerprint density at radius 3 is 2.29 bits per heavy atom. The number of anilines is 1. The van der Waals surface area contributed by atoms with Gasteiger partial charge in [0.15, 0.2) is 5.11 Å². The molecule has 1 N–H and O–H groups in total. The SMILES string of the molecule is O=C1NC(=S)N(c2ccc(Cl)cc2)C(=O)C1=Cc1cccn1-c1ccc([N+](=O)[O-])cc1. The van der Waals surface area contributed by atoms with Crippen LogP contribution in [0, 0.1) is 10.1 Å². The van der Waals surface area contributed by atoms with Crippen LogP contribution in [0.3, 0.4) is 0 Å². The van der Waals surface area contributed by atoms with Gasteiger partial charge in [0, 0.05) is 34.7 Å². The van der Waals surface area contributed by atoms with E-state index in [9.17, 15) is 19.7 Å². The van der Waals surface area contributed by atoms with E-state index >= 15 is 0 Å². The molecule has 154 valence electrons. The predicted octanol–water partition coefficient (Wildman–Crippen LogP) is 3.87. The number of hydrogen-bond donors (Lipinski definition) is 1. The maximum atomic E-state index is 13.1. The van der Waals surface area contributed by atoms with Crippen LogP contribution in [0.4, 0.5) is 11.4 Å². The van der Waals surface area contributed by atoms with Crippen LogP contribution in [-0.2, 0) is 9.59 Å². The number of nitrogens with one attached hydrogen (secondary N) is 1. The lowest BCUT2D eigenvalue weighted by atomic mass is 10.1. The number of halogens is 1. The minimum absolute atomic E-state index is 0.0276. The molecule has 0 saturated carbocycles. The van der Waals surface area contributed by atoms with Crippen LogP contribution in [0.25, 0.3) is 11.8 Å². The highest BCUT2D eigenvalue weighted by Gasteiger charge is 2.34. The monoisotopic (exact) mass is 452 g/mol. The molecule has 0 atom stereocenters. The summed E-state index contributed by atoms with van der Waals surface area (Å²) in [6, 6.07) is 15.9. The van der Waals surface area contributed by atoms with Gasteiger partial charge >= 0.3 is 0 Å². The van der Waals surface area contributed by atoms with E-state index in [1.165, 1.54) is 23.1 Å². The Hall–Kier alpha value is -3.82. The Kier molecular flexibility index (Phi) is 5.37. The number of carbonyl (C=O) groups is 2. The van der Waals surface area contributed by atoms with Crippen LogP contribution in [0.1, 0.15) is 5.69 Å². The zero-order chi connectivity index (χ0) is 22.1.